The number of hydrogen-bond donors (Lipinski definition) is 3. The predicted molar refractivity (Wildman–Crippen MR) is 83.4 cm³/mol. The number of aliphatic hydroxyl groups excluding tert-OH is 1. The first kappa shape index (κ1) is 16.7. The molecule has 124 valence electrons. The maximum absolute atomic E-state index is 9.75. The number of rotatable bonds is 8. The summed E-state index contributed by atoms with van der Waals surface area (Å²) in [5.41, 5.74) is 5.54. The third kappa shape index (κ3) is 4.43. The lowest BCUT2D eigenvalue weighted by molar-refractivity contribution is 0.187. The number of nitrogens with zero attached hydrogens (tertiary/aromatic N) is 3. The fourth-order valence-corrected chi connectivity index (χ4v) is 2.88. The van der Waals surface area contributed by atoms with Crippen LogP contribution in [0.25, 0.3) is 0 Å². The lowest BCUT2D eigenvalue weighted by atomic mass is 10.1. The van der Waals surface area contributed by atoms with Gasteiger partial charge in [0.15, 0.2) is 11.8 Å². The molecule has 2 atom stereocenters. The van der Waals surface area contributed by atoms with Crippen LogP contribution < -0.4 is 5.73 Å². The number of unbranched alkanes of at least 4 members (excludes halogenated alkanes) is 5. The van der Waals surface area contributed by atoms with Crippen molar-refractivity contribution in [2.45, 2.75) is 70.4 Å². The minimum atomic E-state index is -0.511. The van der Waals surface area contributed by atoms with Crippen molar-refractivity contribution in [3.63, 3.8) is 0 Å². The SMILES string of the molecule is CCCCCCCCc1noc([C@@H]2C[C@H](O)CN2C(=N)N)n1. The molecule has 4 N–H and O–H groups in total. The standard InChI is InChI=1S/C15H27N5O2/c1-2-3-4-5-6-7-8-13-18-14(22-19-13)12-9-11(21)10-20(12)15(16)17/h11-12,21H,2-10H2,1H3,(H3,16,17)/t11-,12-/m0/s1. The highest BCUT2D eigenvalue weighted by molar-refractivity contribution is 5.75. The van der Waals surface area contributed by atoms with Gasteiger partial charge in [0, 0.05) is 19.4 Å². The van der Waals surface area contributed by atoms with Gasteiger partial charge in [-0.05, 0) is 6.42 Å². The number of β-amino-alcohol motifs (C(OH)–C–C–N with tert-alkyl or cyclic N) is 1. The summed E-state index contributed by atoms with van der Waals surface area (Å²) >= 11 is 0. The minimum absolute atomic E-state index is 0.0720. The van der Waals surface area contributed by atoms with E-state index >= 15 is 0 Å². The van der Waals surface area contributed by atoms with E-state index in [-0.39, 0.29) is 12.0 Å². The monoisotopic (exact) mass is 309 g/mol. The first-order chi connectivity index (χ1) is 10.6. The average molecular weight is 309 g/mol. The second-order valence-corrected chi connectivity index (χ2v) is 6.01. The Bertz CT molecular complexity index is 476. The zero-order chi connectivity index (χ0) is 15.9. The van der Waals surface area contributed by atoms with Gasteiger partial charge < -0.3 is 20.3 Å². The molecule has 0 unspecified atom stereocenters. The van der Waals surface area contributed by atoms with Crippen molar-refractivity contribution in [1.82, 2.24) is 15.0 Å². The fourth-order valence-electron chi connectivity index (χ4n) is 2.88. The van der Waals surface area contributed by atoms with Crippen LogP contribution in [0.15, 0.2) is 4.52 Å². The highest BCUT2D eigenvalue weighted by Gasteiger charge is 2.36. The smallest absolute Gasteiger partial charge is 0.249 e. The first-order valence-electron chi connectivity index (χ1n) is 8.23. The van der Waals surface area contributed by atoms with E-state index in [0.717, 1.165) is 12.8 Å². The average Bonchev–Trinajstić information content (AvgIpc) is 3.09. The molecule has 0 spiro atoms. The summed E-state index contributed by atoms with van der Waals surface area (Å²) in [5.74, 6) is 1.08. The zero-order valence-electron chi connectivity index (χ0n) is 13.3. The number of aliphatic hydroxyl groups is 1. The van der Waals surface area contributed by atoms with Crippen molar-refractivity contribution in [3.8, 4) is 0 Å². The Kier molecular flexibility index (Phi) is 6.18. The summed E-state index contributed by atoms with van der Waals surface area (Å²) in [6.07, 6.45) is 8.13. The van der Waals surface area contributed by atoms with Crippen LogP contribution in [0, 0.1) is 5.41 Å². The van der Waals surface area contributed by atoms with Gasteiger partial charge in [-0.3, -0.25) is 5.41 Å². The summed E-state index contributed by atoms with van der Waals surface area (Å²) in [6, 6.07) is -0.279. The van der Waals surface area contributed by atoms with Gasteiger partial charge in [0.2, 0.25) is 5.89 Å². The van der Waals surface area contributed by atoms with Crippen LogP contribution in [0.5, 0.6) is 0 Å². The normalized spacial score (nSPS) is 21.5. The van der Waals surface area contributed by atoms with Crippen LogP contribution >= 0.6 is 0 Å². The molecule has 2 heterocycles. The van der Waals surface area contributed by atoms with Gasteiger partial charge in [-0.15, -0.1) is 0 Å². The Morgan fingerprint density at radius 2 is 2.09 bits per heavy atom. The van der Waals surface area contributed by atoms with Gasteiger partial charge in [0.25, 0.3) is 0 Å². The van der Waals surface area contributed by atoms with E-state index in [4.69, 9.17) is 15.7 Å². The summed E-state index contributed by atoms with van der Waals surface area (Å²) in [5, 5.41) is 21.3. The Morgan fingerprint density at radius 1 is 1.36 bits per heavy atom. The molecule has 22 heavy (non-hydrogen) atoms. The summed E-state index contributed by atoms with van der Waals surface area (Å²) in [4.78, 5) is 6.01. The topological polar surface area (TPSA) is 112 Å². The Hall–Kier alpha value is -1.63. The summed E-state index contributed by atoms with van der Waals surface area (Å²) in [7, 11) is 0. The Balaban J connectivity index is 1.82. The number of guanidine groups is 1. The lowest BCUT2D eigenvalue weighted by Crippen LogP contribution is -2.36. The molecule has 1 aromatic heterocycles. The molecule has 1 saturated heterocycles. The van der Waals surface area contributed by atoms with Gasteiger partial charge in [-0.1, -0.05) is 44.2 Å². The molecule has 0 radical (unpaired) electrons. The Labute approximate surface area is 131 Å². The van der Waals surface area contributed by atoms with Crippen molar-refractivity contribution < 1.29 is 9.63 Å². The molecule has 2 rings (SSSR count). The van der Waals surface area contributed by atoms with Crippen LogP contribution in [-0.4, -0.2) is 38.8 Å². The van der Waals surface area contributed by atoms with Gasteiger partial charge in [-0.25, -0.2) is 0 Å². The molecule has 7 nitrogen and oxygen atoms in total. The highest BCUT2D eigenvalue weighted by atomic mass is 16.5. The molecule has 0 aromatic carbocycles. The van der Waals surface area contributed by atoms with E-state index in [2.05, 4.69) is 17.1 Å². The third-order valence-corrected chi connectivity index (χ3v) is 4.11. The lowest BCUT2D eigenvalue weighted by Gasteiger charge is -2.20. The second kappa shape index (κ2) is 8.12. The van der Waals surface area contributed by atoms with E-state index in [1.807, 2.05) is 0 Å². The number of nitrogens with one attached hydrogen (secondary N) is 1. The molecular formula is C15H27N5O2. The van der Waals surface area contributed by atoms with Crippen LogP contribution in [0.2, 0.25) is 0 Å². The molecule has 1 fully saturated rings. The molecule has 1 aromatic rings. The Morgan fingerprint density at radius 3 is 2.82 bits per heavy atom. The van der Waals surface area contributed by atoms with E-state index in [0.29, 0.717) is 24.7 Å². The second-order valence-electron chi connectivity index (χ2n) is 6.01. The minimum Gasteiger partial charge on any atom is -0.391 e. The van der Waals surface area contributed by atoms with Crippen LogP contribution in [0.4, 0.5) is 0 Å². The molecule has 0 amide bonds. The van der Waals surface area contributed by atoms with Crippen molar-refractivity contribution in [1.29, 1.82) is 5.41 Å². The number of aromatic nitrogens is 2. The van der Waals surface area contributed by atoms with Crippen LogP contribution in [0.3, 0.4) is 0 Å². The van der Waals surface area contributed by atoms with E-state index < -0.39 is 6.10 Å². The highest BCUT2D eigenvalue weighted by Crippen LogP contribution is 2.30. The maximum atomic E-state index is 9.75. The van der Waals surface area contributed by atoms with Gasteiger partial charge >= 0.3 is 0 Å². The van der Waals surface area contributed by atoms with E-state index in [1.165, 1.54) is 32.1 Å². The van der Waals surface area contributed by atoms with Crippen molar-refractivity contribution in [3.05, 3.63) is 11.7 Å². The summed E-state index contributed by atoms with van der Waals surface area (Å²) < 4.78 is 5.31. The number of likely N-dealkylation sites (tertiary alicyclic amines) is 1. The molecule has 7 heteroatoms. The van der Waals surface area contributed by atoms with E-state index in [9.17, 15) is 5.11 Å². The fraction of sp³-hybridized carbons (Fsp3) is 0.800. The third-order valence-electron chi connectivity index (χ3n) is 4.11. The molecule has 1 aliphatic heterocycles. The number of hydrogen-bond acceptors (Lipinski definition) is 5. The molecule has 0 saturated carbocycles. The van der Waals surface area contributed by atoms with Crippen molar-refractivity contribution in [2.24, 2.45) is 5.73 Å². The number of nitrogens with two attached hydrogens (primary N) is 1. The maximum Gasteiger partial charge on any atom is 0.249 e. The van der Waals surface area contributed by atoms with Crippen molar-refractivity contribution in [2.75, 3.05) is 6.54 Å². The number of aryl methyl sites for hydroxylation is 1. The van der Waals surface area contributed by atoms with Crippen LogP contribution in [0.1, 0.15) is 69.6 Å². The largest absolute Gasteiger partial charge is 0.391 e. The van der Waals surface area contributed by atoms with Gasteiger partial charge in [0.05, 0.1) is 6.10 Å². The predicted octanol–water partition coefficient (Wildman–Crippen LogP) is 1.97. The van der Waals surface area contributed by atoms with Gasteiger partial charge in [0.1, 0.15) is 6.04 Å². The molecule has 1 aliphatic rings. The van der Waals surface area contributed by atoms with Crippen molar-refractivity contribution >= 4 is 5.96 Å². The quantitative estimate of drug-likeness (QED) is 0.384. The molecule has 0 aliphatic carbocycles. The molecular weight excluding hydrogens is 282 g/mol. The van der Waals surface area contributed by atoms with E-state index in [1.54, 1.807) is 4.90 Å². The van der Waals surface area contributed by atoms with Crippen LogP contribution in [-0.2, 0) is 6.42 Å². The molecule has 0 bridgehead atoms. The summed E-state index contributed by atoms with van der Waals surface area (Å²) in [6.45, 7) is 2.56. The van der Waals surface area contributed by atoms with Gasteiger partial charge in [-0.2, -0.15) is 4.98 Å². The zero-order valence-corrected chi connectivity index (χ0v) is 13.3. The first-order valence-corrected chi connectivity index (χ1v) is 8.23.